The molecule has 1 aromatic carbocycles. The van der Waals surface area contributed by atoms with Crippen molar-refractivity contribution in [2.24, 2.45) is 0 Å². The first-order valence-electron chi connectivity index (χ1n) is 5.12. The molecule has 0 saturated carbocycles. The van der Waals surface area contributed by atoms with Gasteiger partial charge in [0, 0.05) is 11.6 Å². The molecular formula is C11H12F3NO3. The smallest absolute Gasteiger partial charge is 0.387 e. The molecule has 0 fully saturated rings. The number of halogens is 3. The van der Waals surface area contributed by atoms with Crippen LogP contribution in [0.2, 0.25) is 0 Å². The van der Waals surface area contributed by atoms with E-state index in [1.807, 2.05) is 0 Å². The van der Waals surface area contributed by atoms with Gasteiger partial charge in [0.1, 0.15) is 11.6 Å². The molecule has 0 radical (unpaired) electrons. The average molecular weight is 263 g/mol. The molecule has 0 aliphatic rings. The second kappa shape index (κ2) is 6.13. The number of benzene rings is 1. The lowest BCUT2D eigenvalue weighted by Crippen LogP contribution is -2.11. The first-order chi connectivity index (χ1) is 8.43. The van der Waals surface area contributed by atoms with Crippen molar-refractivity contribution in [2.45, 2.75) is 20.0 Å². The van der Waals surface area contributed by atoms with Crippen LogP contribution in [0, 0.1) is 5.82 Å². The maximum atomic E-state index is 13.2. The molecule has 0 spiro atoms. The highest BCUT2D eigenvalue weighted by Gasteiger charge is 2.16. The minimum Gasteiger partial charge on any atom is -0.466 e. The number of ether oxygens (including phenoxy) is 2. The minimum atomic E-state index is -3.09. The van der Waals surface area contributed by atoms with Gasteiger partial charge < -0.3 is 15.2 Å². The molecule has 0 aromatic heterocycles. The van der Waals surface area contributed by atoms with Gasteiger partial charge in [-0.15, -0.1) is 0 Å². The summed E-state index contributed by atoms with van der Waals surface area (Å²) in [5, 5.41) is 0. The van der Waals surface area contributed by atoms with Gasteiger partial charge in [0.15, 0.2) is 0 Å². The Kier molecular flexibility index (Phi) is 4.82. The van der Waals surface area contributed by atoms with E-state index in [0.717, 1.165) is 12.1 Å². The number of carbonyl (C=O) groups excluding carboxylic acids is 1. The number of esters is 1. The lowest BCUT2D eigenvalue weighted by atomic mass is 10.1. The zero-order valence-corrected chi connectivity index (χ0v) is 9.58. The average Bonchev–Trinajstić information content (AvgIpc) is 2.25. The zero-order valence-electron chi connectivity index (χ0n) is 9.58. The highest BCUT2D eigenvalue weighted by molar-refractivity contribution is 5.74. The molecule has 1 aromatic rings. The third-order valence-corrected chi connectivity index (χ3v) is 2.04. The van der Waals surface area contributed by atoms with Crippen molar-refractivity contribution in [1.29, 1.82) is 0 Å². The standard InChI is InChI=1S/C11H12F3NO3/c1-2-17-10(16)4-6-3-7(12)8(15)5-9(6)18-11(13)14/h3,5,11H,2,4,15H2,1H3. The molecule has 18 heavy (non-hydrogen) atoms. The van der Waals surface area contributed by atoms with Gasteiger partial charge >= 0.3 is 12.6 Å². The van der Waals surface area contributed by atoms with Crippen molar-refractivity contribution in [3.05, 3.63) is 23.5 Å². The van der Waals surface area contributed by atoms with Gasteiger partial charge in [-0.25, -0.2) is 4.39 Å². The van der Waals surface area contributed by atoms with Crippen LogP contribution in [0.1, 0.15) is 12.5 Å². The van der Waals surface area contributed by atoms with Crippen molar-refractivity contribution in [1.82, 2.24) is 0 Å². The van der Waals surface area contributed by atoms with Crippen LogP contribution in [0.5, 0.6) is 5.75 Å². The van der Waals surface area contributed by atoms with Gasteiger partial charge in [-0.1, -0.05) is 0 Å². The molecule has 0 aliphatic heterocycles. The molecular weight excluding hydrogens is 251 g/mol. The second-order valence-corrected chi connectivity index (χ2v) is 3.34. The van der Waals surface area contributed by atoms with Crippen molar-refractivity contribution in [3.63, 3.8) is 0 Å². The Morgan fingerprint density at radius 1 is 1.44 bits per heavy atom. The molecule has 2 N–H and O–H groups in total. The first-order valence-corrected chi connectivity index (χ1v) is 5.12. The summed E-state index contributed by atoms with van der Waals surface area (Å²) in [6.07, 6.45) is -0.368. The Morgan fingerprint density at radius 2 is 2.11 bits per heavy atom. The maximum absolute atomic E-state index is 13.2. The van der Waals surface area contributed by atoms with E-state index in [-0.39, 0.29) is 30.0 Å². The van der Waals surface area contributed by atoms with Crippen LogP contribution in [0.15, 0.2) is 12.1 Å². The number of nitrogens with two attached hydrogens (primary N) is 1. The molecule has 0 bridgehead atoms. The van der Waals surface area contributed by atoms with Crippen molar-refractivity contribution in [3.8, 4) is 5.75 Å². The monoisotopic (exact) mass is 263 g/mol. The third kappa shape index (κ3) is 3.83. The zero-order chi connectivity index (χ0) is 13.7. The number of alkyl halides is 2. The van der Waals surface area contributed by atoms with Crippen LogP contribution < -0.4 is 10.5 Å². The van der Waals surface area contributed by atoms with Crippen LogP contribution in [-0.4, -0.2) is 19.2 Å². The molecule has 4 nitrogen and oxygen atoms in total. The summed E-state index contributed by atoms with van der Waals surface area (Å²) >= 11 is 0. The Labute approximate surface area is 101 Å². The van der Waals surface area contributed by atoms with Crippen molar-refractivity contribution < 1.29 is 27.4 Å². The molecule has 0 atom stereocenters. The van der Waals surface area contributed by atoms with E-state index < -0.39 is 18.4 Å². The number of hydrogen-bond acceptors (Lipinski definition) is 4. The largest absolute Gasteiger partial charge is 0.466 e. The van der Waals surface area contributed by atoms with E-state index >= 15 is 0 Å². The lowest BCUT2D eigenvalue weighted by molar-refractivity contribution is -0.142. The van der Waals surface area contributed by atoms with Gasteiger partial charge in [-0.05, 0) is 13.0 Å². The number of nitrogen functional groups attached to an aromatic ring is 1. The van der Waals surface area contributed by atoms with Crippen LogP contribution in [0.25, 0.3) is 0 Å². The summed E-state index contributed by atoms with van der Waals surface area (Å²) in [7, 11) is 0. The Bertz CT molecular complexity index is 438. The number of rotatable bonds is 5. The predicted molar refractivity (Wildman–Crippen MR) is 57.8 cm³/mol. The fourth-order valence-corrected chi connectivity index (χ4v) is 1.32. The van der Waals surface area contributed by atoms with Crippen LogP contribution in [0.4, 0.5) is 18.9 Å². The van der Waals surface area contributed by atoms with Crippen molar-refractivity contribution >= 4 is 11.7 Å². The topological polar surface area (TPSA) is 61.5 Å². The third-order valence-electron chi connectivity index (χ3n) is 2.04. The maximum Gasteiger partial charge on any atom is 0.387 e. The lowest BCUT2D eigenvalue weighted by Gasteiger charge is -2.11. The molecule has 0 amide bonds. The van der Waals surface area contributed by atoms with E-state index in [1.54, 1.807) is 6.92 Å². The summed E-state index contributed by atoms with van der Waals surface area (Å²) in [5.41, 5.74) is 4.86. The summed E-state index contributed by atoms with van der Waals surface area (Å²) in [5.74, 6) is -1.81. The molecule has 0 unspecified atom stereocenters. The first kappa shape index (κ1) is 14.1. The molecule has 0 heterocycles. The molecule has 7 heteroatoms. The Morgan fingerprint density at radius 3 is 2.67 bits per heavy atom. The normalized spacial score (nSPS) is 10.5. The van der Waals surface area contributed by atoms with E-state index in [4.69, 9.17) is 5.73 Å². The van der Waals surface area contributed by atoms with Gasteiger partial charge in [0.25, 0.3) is 0 Å². The fraction of sp³-hybridized carbons (Fsp3) is 0.364. The van der Waals surface area contributed by atoms with Gasteiger partial charge in [-0.2, -0.15) is 8.78 Å². The summed E-state index contributed by atoms with van der Waals surface area (Å²) in [4.78, 5) is 11.2. The SMILES string of the molecule is CCOC(=O)Cc1cc(F)c(N)cc1OC(F)F. The Balaban J connectivity index is 2.99. The van der Waals surface area contributed by atoms with Gasteiger partial charge in [0.05, 0.1) is 18.7 Å². The molecule has 0 aliphatic carbocycles. The number of anilines is 1. The number of carbonyl (C=O) groups is 1. The quantitative estimate of drug-likeness (QED) is 0.653. The fourth-order valence-electron chi connectivity index (χ4n) is 1.32. The molecule has 100 valence electrons. The van der Waals surface area contributed by atoms with Crippen LogP contribution in [-0.2, 0) is 16.0 Å². The summed E-state index contributed by atoms with van der Waals surface area (Å²) in [6.45, 7) is -1.35. The van der Waals surface area contributed by atoms with E-state index in [9.17, 15) is 18.0 Å². The highest BCUT2D eigenvalue weighted by atomic mass is 19.3. The summed E-state index contributed by atoms with van der Waals surface area (Å²) < 4.78 is 46.3. The van der Waals surface area contributed by atoms with Crippen molar-refractivity contribution in [2.75, 3.05) is 12.3 Å². The highest BCUT2D eigenvalue weighted by Crippen LogP contribution is 2.27. The molecule has 1 rings (SSSR count). The Hall–Kier alpha value is -1.92. The number of hydrogen-bond donors (Lipinski definition) is 1. The van der Waals surface area contributed by atoms with Gasteiger partial charge in [0.2, 0.25) is 0 Å². The second-order valence-electron chi connectivity index (χ2n) is 3.34. The summed E-state index contributed by atoms with van der Waals surface area (Å²) in [6, 6.07) is 1.79. The molecule has 0 saturated heterocycles. The predicted octanol–water partition coefficient (Wildman–Crippen LogP) is 2.11. The van der Waals surface area contributed by atoms with E-state index in [0.29, 0.717) is 0 Å². The van der Waals surface area contributed by atoms with Crippen LogP contribution >= 0.6 is 0 Å². The van der Waals surface area contributed by atoms with Gasteiger partial charge in [-0.3, -0.25) is 4.79 Å². The van der Waals surface area contributed by atoms with E-state index in [2.05, 4.69) is 9.47 Å². The van der Waals surface area contributed by atoms with E-state index in [1.165, 1.54) is 0 Å². The minimum absolute atomic E-state index is 0.0413. The van der Waals surface area contributed by atoms with Crippen LogP contribution in [0.3, 0.4) is 0 Å².